The average Bonchev–Trinajstić information content (AvgIpc) is 2.71. The molecule has 0 bridgehead atoms. The number of carbonyl (C=O) groups excluding carboxylic acids is 2. The van der Waals surface area contributed by atoms with E-state index in [2.05, 4.69) is 5.32 Å². The fourth-order valence-corrected chi connectivity index (χ4v) is 4.24. The van der Waals surface area contributed by atoms with Gasteiger partial charge in [0.1, 0.15) is 17.7 Å². The molecule has 2 amide bonds. The molecule has 2 rings (SSSR count). The van der Waals surface area contributed by atoms with E-state index < -0.39 is 11.9 Å². The van der Waals surface area contributed by atoms with Gasteiger partial charge in [0.2, 0.25) is 11.8 Å². The number of halogens is 3. The number of carbonyl (C=O) groups is 2. The van der Waals surface area contributed by atoms with Gasteiger partial charge in [-0.15, -0.1) is 11.8 Å². The summed E-state index contributed by atoms with van der Waals surface area (Å²) in [6, 6.07) is 9.62. The van der Waals surface area contributed by atoms with Crippen molar-refractivity contribution in [3.05, 3.63) is 70.2 Å². The lowest BCUT2D eigenvalue weighted by atomic mass is 10.1. The molecule has 0 aliphatic rings. The molecule has 1 unspecified atom stereocenters. The molecule has 0 aliphatic carbocycles. The van der Waals surface area contributed by atoms with Crippen LogP contribution in [0.3, 0.4) is 0 Å². The van der Waals surface area contributed by atoms with Gasteiger partial charge in [-0.3, -0.25) is 9.59 Å². The summed E-state index contributed by atoms with van der Waals surface area (Å²) >= 11 is 7.27. The Kier molecular flexibility index (Phi) is 9.59. The first-order valence-corrected chi connectivity index (χ1v) is 11.2. The highest BCUT2D eigenvalue weighted by Crippen LogP contribution is 2.24. The lowest BCUT2D eigenvalue weighted by molar-refractivity contribution is -0.139. The smallest absolute Gasteiger partial charge is 0.242 e. The Morgan fingerprint density at radius 1 is 1.13 bits per heavy atom. The van der Waals surface area contributed by atoms with Gasteiger partial charge in [-0.1, -0.05) is 36.7 Å². The van der Waals surface area contributed by atoms with Crippen molar-refractivity contribution in [1.82, 2.24) is 10.2 Å². The molecule has 1 N–H and O–H groups in total. The zero-order valence-corrected chi connectivity index (χ0v) is 18.5. The van der Waals surface area contributed by atoms with Crippen molar-refractivity contribution in [3.63, 3.8) is 0 Å². The number of thioether (sulfide) groups is 1. The zero-order chi connectivity index (χ0) is 22.1. The first kappa shape index (κ1) is 24.2. The van der Waals surface area contributed by atoms with Crippen LogP contribution in [-0.4, -0.2) is 35.1 Å². The van der Waals surface area contributed by atoms with Crippen molar-refractivity contribution in [2.75, 3.05) is 12.3 Å². The van der Waals surface area contributed by atoms with Crippen molar-refractivity contribution < 1.29 is 18.4 Å². The van der Waals surface area contributed by atoms with Crippen LogP contribution in [0, 0.1) is 11.6 Å². The number of amides is 2. The molecule has 0 aromatic heterocycles. The van der Waals surface area contributed by atoms with Gasteiger partial charge >= 0.3 is 0 Å². The third-order valence-electron chi connectivity index (χ3n) is 4.54. The minimum absolute atomic E-state index is 0.0573. The third kappa shape index (κ3) is 6.71. The lowest BCUT2D eigenvalue weighted by Crippen LogP contribution is -2.49. The SMILES string of the molecule is CCNC(=O)C(CC)N(Cc1ccc(F)cc1)C(=O)CSCc1c(F)cccc1Cl. The van der Waals surface area contributed by atoms with Crippen molar-refractivity contribution in [1.29, 1.82) is 0 Å². The third-order valence-corrected chi connectivity index (χ3v) is 5.83. The minimum Gasteiger partial charge on any atom is -0.355 e. The van der Waals surface area contributed by atoms with Crippen molar-refractivity contribution >= 4 is 35.2 Å². The molecule has 30 heavy (non-hydrogen) atoms. The van der Waals surface area contributed by atoms with E-state index in [9.17, 15) is 18.4 Å². The number of hydrogen-bond donors (Lipinski definition) is 1. The van der Waals surface area contributed by atoms with E-state index in [1.54, 1.807) is 18.2 Å². The van der Waals surface area contributed by atoms with Gasteiger partial charge in [-0.05, 0) is 43.2 Å². The quantitative estimate of drug-likeness (QED) is 0.561. The van der Waals surface area contributed by atoms with E-state index in [1.807, 2.05) is 13.8 Å². The predicted octanol–water partition coefficient (Wildman–Crippen LogP) is 4.79. The molecule has 0 spiro atoms. The van der Waals surface area contributed by atoms with Gasteiger partial charge in [0.15, 0.2) is 0 Å². The van der Waals surface area contributed by atoms with Crippen LogP contribution in [0.1, 0.15) is 31.4 Å². The average molecular weight is 455 g/mol. The van der Waals surface area contributed by atoms with E-state index in [4.69, 9.17) is 11.6 Å². The molecule has 0 saturated heterocycles. The number of benzene rings is 2. The highest BCUT2D eigenvalue weighted by atomic mass is 35.5. The molecule has 0 fully saturated rings. The molecule has 162 valence electrons. The Morgan fingerprint density at radius 2 is 1.83 bits per heavy atom. The monoisotopic (exact) mass is 454 g/mol. The minimum atomic E-state index is -0.653. The van der Waals surface area contributed by atoms with Crippen LogP contribution in [0.2, 0.25) is 5.02 Å². The van der Waals surface area contributed by atoms with Gasteiger partial charge in [-0.2, -0.15) is 0 Å². The Morgan fingerprint density at radius 3 is 2.43 bits per heavy atom. The molecule has 0 saturated carbocycles. The topological polar surface area (TPSA) is 49.4 Å². The van der Waals surface area contributed by atoms with Gasteiger partial charge in [0.25, 0.3) is 0 Å². The summed E-state index contributed by atoms with van der Waals surface area (Å²) < 4.78 is 27.2. The van der Waals surface area contributed by atoms with Crippen molar-refractivity contribution in [3.8, 4) is 0 Å². The standard InChI is InChI=1S/C22H25ClF2N2O2S/c1-3-20(22(29)26-4-2)27(12-15-8-10-16(24)11-9-15)21(28)14-30-13-17-18(23)6-5-7-19(17)25/h5-11,20H,3-4,12-14H2,1-2H3,(H,26,29). The maximum atomic E-state index is 14.0. The second-order valence-corrected chi connectivity index (χ2v) is 8.05. The van der Waals surface area contributed by atoms with Crippen LogP contribution in [0.5, 0.6) is 0 Å². The lowest BCUT2D eigenvalue weighted by Gasteiger charge is -2.30. The second-order valence-electron chi connectivity index (χ2n) is 6.66. The Balaban J connectivity index is 2.14. The van der Waals surface area contributed by atoms with Crippen molar-refractivity contribution in [2.45, 2.75) is 38.6 Å². The van der Waals surface area contributed by atoms with E-state index in [0.717, 1.165) is 5.56 Å². The molecule has 8 heteroatoms. The molecular weight excluding hydrogens is 430 g/mol. The summed E-state index contributed by atoms with van der Waals surface area (Å²) in [5, 5.41) is 3.07. The Hall–Kier alpha value is -2.12. The highest BCUT2D eigenvalue weighted by Gasteiger charge is 2.28. The van der Waals surface area contributed by atoms with Crippen LogP contribution < -0.4 is 5.32 Å². The summed E-state index contributed by atoms with van der Waals surface area (Å²) in [6.07, 6.45) is 0.433. The van der Waals surface area contributed by atoms with Crippen LogP contribution in [0.15, 0.2) is 42.5 Å². The van der Waals surface area contributed by atoms with Crippen LogP contribution in [0.25, 0.3) is 0 Å². The summed E-state index contributed by atoms with van der Waals surface area (Å²) in [4.78, 5) is 27.0. The summed E-state index contributed by atoms with van der Waals surface area (Å²) in [6.45, 7) is 4.27. The number of hydrogen-bond acceptors (Lipinski definition) is 3. The molecular formula is C22H25ClF2N2O2S. The number of likely N-dealkylation sites (N-methyl/N-ethyl adjacent to an activating group) is 1. The Labute approximate surface area is 185 Å². The van der Waals surface area contributed by atoms with Crippen molar-refractivity contribution in [2.24, 2.45) is 0 Å². The molecule has 1 atom stereocenters. The molecule has 2 aromatic carbocycles. The van der Waals surface area contributed by atoms with E-state index in [0.29, 0.717) is 23.6 Å². The molecule has 2 aromatic rings. The molecule has 4 nitrogen and oxygen atoms in total. The summed E-state index contributed by atoms with van der Waals surface area (Å²) in [7, 11) is 0. The van der Waals surface area contributed by atoms with Gasteiger partial charge in [0.05, 0.1) is 5.75 Å². The fraction of sp³-hybridized carbons (Fsp3) is 0.364. The number of rotatable bonds is 10. The Bertz CT molecular complexity index is 844. The first-order valence-electron chi connectivity index (χ1n) is 9.69. The van der Waals surface area contributed by atoms with Gasteiger partial charge in [0, 0.05) is 29.4 Å². The van der Waals surface area contributed by atoms with Crippen LogP contribution in [0.4, 0.5) is 8.78 Å². The summed E-state index contributed by atoms with van der Waals surface area (Å²) in [5.74, 6) is -0.988. The van der Waals surface area contributed by atoms with E-state index >= 15 is 0 Å². The van der Waals surface area contributed by atoms with Gasteiger partial charge in [-0.25, -0.2) is 8.78 Å². The number of nitrogens with one attached hydrogen (secondary N) is 1. The zero-order valence-electron chi connectivity index (χ0n) is 17.0. The summed E-state index contributed by atoms with van der Waals surface area (Å²) in [5.41, 5.74) is 1.06. The van der Waals surface area contributed by atoms with Crippen LogP contribution >= 0.6 is 23.4 Å². The first-order chi connectivity index (χ1) is 14.4. The molecule has 0 heterocycles. The van der Waals surface area contributed by atoms with E-state index in [1.165, 1.54) is 40.9 Å². The van der Waals surface area contributed by atoms with Crippen LogP contribution in [-0.2, 0) is 21.9 Å². The molecule has 0 radical (unpaired) electrons. The van der Waals surface area contributed by atoms with Gasteiger partial charge < -0.3 is 10.2 Å². The normalized spacial score (nSPS) is 11.8. The second kappa shape index (κ2) is 11.9. The maximum Gasteiger partial charge on any atom is 0.242 e. The number of nitrogens with zero attached hydrogens (tertiary/aromatic N) is 1. The largest absolute Gasteiger partial charge is 0.355 e. The van der Waals surface area contributed by atoms with E-state index in [-0.39, 0.29) is 35.7 Å². The molecule has 0 aliphatic heterocycles. The maximum absolute atomic E-state index is 14.0. The highest BCUT2D eigenvalue weighted by molar-refractivity contribution is 7.99. The predicted molar refractivity (Wildman–Crippen MR) is 117 cm³/mol. The fourth-order valence-electron chi connectivity index (χ4n) is 2.99.